The summed E-state index contributed by atoms with van der Waals surface area (Å²) >= 11 is 0. The average molecular weight is 207 g/mol. The van der Waals surface area contributed by atoms with Gasteiger partial charge in [0.25, 0.3) is 0 Å². The number of ketones is 1. The van der Waals surface area contributed by atoms with Crippen molar-refractivity contribution in [1.82, 2.24) is 10.2 Å². The van der Waals surface area contributed by atoms with E-state index in [0.717, 1.165) is 25.7 Å². The van der Waals surface area contributed by atoms with Crippen LogP contribution >= 0.6 is 0 Å². The molecule has 1 aromatic heterocycles. The fraction of sp³-hybridized carbons (Fsp3) is 0.455. The summed E-state index contributed by atoms with van der Waals surface area (Å²) in [5.74, 6) is 0.436. The molecular formula is C11H17N3O. The van der Waals surface area contributed by atoms with Crippen molar-refractivity contribution in [2.24, 2.45) is 0 Å². The highest BCUT2D eigenvalue weighted by molar-refractivity contribution is 5.99. The third-order valence-electron chi connectivity index (χ3n) is 2.28. The van der Waals surface area contributed by atoms with Gasteiger partial charge in [0.1, 0.15) is 5.82 Å². The lowest BCUT2D eigenvalue weighted by atomic mass is 10.1. The molecule has 0 aliphatic rings. The molecule has 0 bridgehead atoms. The number of aromatic nitrogens is 2. The molecule has 1 heterocycles. The molecule has 82 valence electrons. The van der Waals surface area contributed by atoms with Gasteiger partial charge < -0.3 is 5.73 Å². The maximum atomic E-state index is 11.6. The van der Waals surface area contributed by atoms with Crippen molar-refractivity contribution in [2.75, 3.05) is 5.73 Å². The second-order valence-corrected chi connectivity index (χ2v) is 3.51. The van der Waals surface area contributed by atoms with Gasteiger partial charge in [-0.2, -0.15) is 5.10 Å². The number of nitrogens with zero attached hydrogens (tertiary/aromatic N) is 1. The minimum Gasteiger partial charge on any atom is -0.383 e. The van der Waals surface area contributed by atoms with Crippen molar-refractivity contribution < 1.29 is 4.79 Å². The first-order valence-corrected chi connectivity index (χ1v) is 5.18. The second kappa shape index (κ2) is 6.01. The number of Topliss-reactive ketones (excluding diaryl/α,β-unsaturated/α-hetero) is 1. The monoisotopic (exact) mass is 207 g/mol. The summed E-state index contributed by atoms with van der Waals surface area (Å²) in [5.41, 5.74) is 6.05. The van der Waals surface area contributed by atoms with Gasteiger partial charge in [0.2, 0.25) is 0 Å². The predicted molar refractivity (Wildman–Crippen MR) is 60.6 cm³/mol. The Bertz CT molecular complexity index is 330. The Kier molecular flexibility index (Phi) is 4.60. The van der Waals surface area contributed by atoms with E-state index in [1.807, 2.05) is 6.08 Å². The summed E-state index contributed by atoms with van der Waals surface area (Å²) in [6.45, 7) is 3.65. The number of carbonyl (C=O) groups excluding carboxylic acids is 1. The van der Waals surface area contributed by atoms with Crippen molar-refractivity contribution in [2.45, 2.75) is 32.1 Å². The molecule has 0 aliphatic carbocycles. The number of nitrogens with one attached hydrogen (secondary N) is 1. The lowest BCUT2D eigenvalue weighted by Crippen LogP contribution is -2.01. The van der Waals surface area contributed by atoms with Crippen LogP contribution in [0.1, 0.15) is 42.5 Å². The summed E-state index contributed by atoms with van der Waals surface area (Å²) in [7, 11) is 0. The number of hydrogen-bond donors (Lipinski definition) is 2. The Labute approximate surface area is 89.6 Å². The molecule has 0 saturated carbocycles. The van der Waals surface area contributed by atoms with Crippen LogP contribution < -0.4 is 5.73 Å². The van der Waals surface area contributed by atoms with Gasteiger partial charge in [-0.15, -0.1) is 6.58 Å². The number of allylic oxidation sites excluding steroid dienone is 1. The SMILES string of the molecule is C=CCCCCCC(=O)c1cn[nH]c1N. The Morgan fingerprint density at radius 2 is 2.33 bits per heavy atom. The van der Waals surface area contributed by atoms with E-state index in [4.69, 9.17) is 5.73 Å². The number of carbonyl (C=O) groups is 1. The highest BCUT2D eigenvalue weighted by Crippen LogP contribution is 2.12. The third kappa shape index (κ3) is 3.58. The normalized spacial score (nSPS) is 10.1. The number of hydrogen-bond acceptors (Lipinski definition) is 3. The van der Waals surface area contributed by atoms with Crippen LogP contribution in [-0.2, 0) is 0 Å². The zero-order valence-corrected chi connectivity index (χ0v) is 8.83. The zero-order chi connectivity index (χ0) is 11.1. The van der Waals surface area contributed by atoms with E-state index < -0.39 is 0 Å². The topological polar surface area (TPSA) is 71.8 Å². The van der Waals surface area contributed by atoms with E-state index in [2.05, 4.69) is 16.8 Å². The van der Waals surface area contributed by atoms with Gasteiger partial charge in [-0.05, 0) is 19.3 Å². The van der Waals surface area contributed by atoms with Gasteiger partial charge in [0.05, 0.1) is 11.8 Å². The summed E-state index contributed by atoms with van der Waals surface area (Å²) in [5, 5.41) is 6.27. The Hall–Kier alpha value is -1.58. The number of nitrogen functional groups attached to an aromatic ring is 1. The van der Waals surface area contributed by atoms with Gasteiger partial charge in [0, 0.05) is 6.42 Å². The highest BCUT2D eigenvalue weighted by atomic mass is 16.1. The molecule has 0 fully saturated rings. The molecule has 3 N–H and O–H groups in total. The van der Waals surface area contributed by atoms with Crippen molar-refractivity contribution in [1.29, 1.82) is 0 Å². The first-order valence-electron chi connectivity index (χ1n) is 5.18. The Morgan fingerprint density at radius 1 is 1.53 bits per heavy atom. The van der Waals surface area contributed by atoms with E-state index in [1.54, 1.807) is 0 Å². The largest absolute Gasteiger partial charge is 0.383 e. The van der Waals surface area contributed by atoms with Crippen LogP contribution in [0.25, 0.3) is 0 Å². The molecule has 0 saturated heterocycles. The third-order valence-corrected chi connectivity index (χ3v) is 2.28. The number of aromatic amines is 1. The molecule has 1 rings (SSSR count). The molecule has 0 unspecified atom stereocenters. The zero-order valence-electron chi connectivity index (χ0n) is 8.83. The van der Waals surface area contributed by atoms with E-state index in [9.17, 15) is 4.79 Å². The first kappa shape index (κ1) is 11.5. The van der Waals surface area contributed by atoms with Crippen LogP contribution in [0.4, 0.5) is 5.82 Å². The Morgan fingerprint density at radius 3 is 2.93 bits per heavy atom. The maximum Gasteiger partial charge on any atom is 0.168 e. The molecule has 4 nitrogen and oxygen atoms in total. The predicted octanol–water partition coefficient (Wildman–Crippen LogP) is 2.31. The van der Waals surface area contributed by atoms with E-state index in [0.29, 0.717) is 17.8 Å². The van der Waals surface area contributed by atoms with Crippen molar-refractivity contribution in [3.63, 3.8) is 0 Å². The molecule has 0 amide bonds. The van der Waals surface area contributed by atoms with Gasteiger partial charge in [-0.3, -0.25) is 9.89 Å². The quantitative estimate of drug-likeness (QED) is 0.409. The molecule has 0 aromatic carbocycles. The van der Waals surface area contributed by atoms with E-state index >= 15 is 0 Å². The van der Waals surface area contributed by atoms with Crippen molar-refractivity contribution in [3.05, 3.63) is 24.4 Å². The lowest BCUT2D eigenvalue weighted by Gasteiger charge is -1.99. The van der Waals surface area contributed by atoms with E-state index in [-0.39, 0.29) is 5.78 Å². The molecule has 0 spiro atoms. The van der Waals surface area contributed by atoms with Crippen LogP contribution in [0.15, 0.2) is 18.9 Å². The molecule has 4 heteroatoms. The number of H-pyrrole nitrogens is 1. The number of nitrogens with two attached hydrogens (primary N) is 1. The average Bonchev–Trinajstić information content (AvgIpc) is 2.64. The van der Waals surface area contributed by atoms with Gasteiger partial charge in [0.15, 0.2) is 5.78 Å². The maximum absolute atomic E-state index is 11.6. The minimum absolute atomic E-state index is 0.0693. The molecule has 0 radical (unpaired) electrons. The van der Waals surface area contributed by atoms with Gasteiger partial charge in [-0.25, -0.2) is 0 Å². The summed E-state index contributed by atoms with van der Waals surface area (Å²) in [4.78, 5) is 11.6. The number of unbranched alkanes of at least 4 members (excludes halogenated alkanes) is 3. The fourth-order valence-corrected chi connectivity index (χ4v) is 1.40. The van der Waals surface area contributed by atoms with Crippen molar-refractivity contribution >= 4 is 11.6 Å². The van der Waals surface area contributed by atoms with Gasteiger partial charge in [-0.1, -0.05) is 12.5 Å². The lowest BCUT2D eigenvalue weighted by molar-refractivity contribution is 0.0980. The summed E-state index contributed by atoms with van der Waals surface area (Å²) in [6.07, 6.45) is 7.99. The summed E-state index contributed by atoms with van der Waals surface area (Å²) < 4.78 is 0. The van der Waals surface area contributed by atoms with Crippen LogP contribution in [0, 0.1) is 0 Å². The number of rotatable bonds is 7. The smallest absolute Gasteiger partial charge is 0.168 e. The van der Waals surface area contributed by atoms with Crippen LogP contribution in [-0.4, -0.2) is 16.0 Å². The molecule has 1 aromatic rings. The number of anilines is 1. The molecule has 0 aliphatic heterocycles. The molecule has 15 heavy (non-hydrogen) atoms. The fourth-order valence-electron chi connectivity index (χ4n) is 1.40. The highest BCUT2D eigenvalue weighted by Gasteiger charge is 2.10. The van der Waals surface area contributed by atoms with Crippen LogP contribution in [0.3, 0.4) is 0 Å². The first-order chi connectivity index (χ1) is 7.25. The van der Waals surface area contributed by atoms with Crippen LogP contribution in [0.2, 0.25) is 0 Å². The molecular weight excluding hydrogens is 190 g/mol. The van der Waals surface area contributed by atoms with Crippen LogP contribution in [0.5, 0.6) is 0 Å². The Balaban J connectivity index is 2.25. The standard InChI is InChI=1S/C11H17N3O/c1-2-3-4-5-6-7-10(15)9-8-13-14-11(9)12/h2,8H,1,3-7H2,(H3,12,13,14). The summed E-state index contributed by atoms with van der Waals surface area (Å²) in [6, 6.07) is 0. The van der Waals surface area contributed by atoms with Gasteiger partial charge >= 0.3 is 0 Å². The van der Waals surface area contributed by atoms with E-state index in [1.165, 1.54) is 6.20 Å². The van der Waals surface area contributed by atoms with Crippen molar-refractivity contribution in [3.8, 4) is 0 Å². The second-order valence-electron chi connectivity index (χ2n) is 3.51. The minimum atomic E-state index is 0.0693. The molecule has 0 atom stereocenters.